The van der Waals surface area contributed by atoms with Crippen molar-refractivity contribution in [2.24, 2.45) is 5.16 Å². The largest absolute Gasteiger partial charge is 0.487 e. The highest BCUT2D eigenvalue weighted by atomic mass is 16.6. The Bertz CT molecular complexity index is 547. The van der Waals surface area contributed by atoms with Gasteiger partial charge in [0, 0.05) is 5.56 Å². The van der Waals surface area contributed by atoms with Gasteiger partial charge in [-0.2, -0.15) is 0 Å². The molecule has 0 unspecified atom stereocenters. The van der Waals surface area contributed by atoms with Gasteiger partial charge in [0.05, 0.1) is 0 Å². The first kappa shape index (κ1) is 17.8. The fourth-order valence-electron chi connectivity index (χ4n) is 1.88. The summed E-state index contributed by atoms with van der Waals surface area (Å²) in [5, 5.41) is 4.03. The third-order valence-electron chi connectivity index (χ3n) is 3.02. The van der Waals surface area contributed by atoms with E-state index in [1.54, 1.807) is 7.11 Å². The topological polar surface area (TPSA) is 30.8 Å². The maximum Gasteiger partial charge on any atom is 0.134 e. The van der Waals surface area contributed by atoms with Gasteiger partial charge in [0.15, 0.2) is 0 Å². The number of hydrogen-bond acceptors (Lipinski definition) is 3. The van der Waals surface area contributed by atoms with E-state index in [0.29, 0.717) is 6.61 Å². The summed E-state index contributed by atoms with van der Waals surface area (Å²) in [6.45, 7) is 6.51. The summed E-state index contributed by atoms with van der Waals surface area (Å²) in [5.41, 5.74) is 3.07. The van der Waals surface area contributed by atoms with Gasteiger partial charge in [0.2, 0.25) is 0 Å². The second kappa shape index (κ2) is 10.4. The summed E-state index contributed by atoms with van der Waals surface area (Å²) >= 11 is 0. The lowest BCUT2D eigenvalue weighted by atomic mass is 10.1. The Kier molecular flexibility index (Phi) is 8.43. The molecule has 0 atom stereocenters. The molecule has 22 heavy (non-hydrogen) atoms. The Morgan fingerprint density at radius 2 is 1.59 bits per heavy atom. The number of rotatable bonds is 6. The molecule has 0 saturated heterocycles. The van der Waals surface area contributed by atoms with Crippen molar-refractivity contribution in [1.29, 1.82) is 0 Å². The van der Waals surface area contributed by atoms with Crippen molar-refractivity contribution in [2.75, 3.05) is 13.7 Å². The molecule has 2 aromatic rings. The zero-order valence-corrected chi connectivity index (χ0v) is 13.9. The van der Waals surface area contributed by atoms with Gasteiger partial charge < -0.3 is 9.57 Å². The third-order valence-corrected chi connectivity index (χ3v) is 3.02. The van der Waals surface area contributed by atoms with Crippen LogP contribution in [0, 0.1) is 0 Å². The molecular formula is C19H25NO2. The van der Waals surface area contributed by atoms with Crippen LogP contribution in [0.15, 0.2) is 59.8 Å². The van der Waals surface area contributed by atoms with Crippen LogP contribution in [0.5, 0.6) is 5.75 Å². The SMILES string of the molecule is CC.CCc1ccc(OC/C(=N\OC)c2ccccc2)cc1. The van der Waals surface area contributed by atoms with Crippen molar-refractivity contribution in [3.05, 3.63) is 65.7 Å². The summed E-state index contributed by atoms with van der Waals surface area (Å²) in [7, 11) is 1.54. The summed E-state index contributed by atoms with van der Waals surface area (Å²) < 4.78 is 5.76. The molecule has 2 rings (SSSR count). The molecule has 0 fully saturated rings. The van der Waals surface area contributed by atoms with Crippen LogP contribution < -0.4 is 4.74 Å². The Balaban J connectivity index is 0.00000116. The fourth-order valence-corrected chi connectivity index (χ4v) is 1.88. The molecule has 0 heterocycles. The number of aryl methyl sites for hydroxylation is 1. The molecule has 0 spiro atoms. The first-order chi connectivity index (χ1) is 10.8. The number of ether oxygens (including phenoxy) is 1. The quantitative estimate of drug-likeness (QED) is 0.571. The van der Waals surface area contributed by atoms with Crippen molar-refractivity contribution in [3.63, 3.8) is 0 Å². The van der Waals surface area contributed by atoms with Crippen LogP contribution in [0.1, 0.15) is 31.9 Å². The summed E-state index contributed by atoms with van der Waals surface area (Å²) in [6.07, 6.45) is 1.03. The van der Waals surface area contributed by atoms with Crippen LogP contribution in [0.4, 0.5) is 0 Å². The van der Waals surface area contributed by atoms with Crippen molar-refractivity contribution in [1.82, 2.24) is 0 Å². The van der Waals surface area contributed by atoms with E-state index in [4.69, 9.17) is 9.57 Å². The minimum absolute atomic E-state index is 0.378. The van der Waals surface area contributed by atoms with Crippen LogP contribution in [0.2, 0.25) is 0 Å². The first-order valence-corrected chi connectivity index (χ1v) is 7.70. The van der Waals surface area contributed by atoms with E-state index in [1.165, 1.54) is 5.56 Å². The van der Waals surface area contributed by atoms with Crippen molar-refractivity contribution in [2.45, 2.75) is 27.2 Å². The summed E-state index contributed by atoms with van der Waals surface area (Å²) in [4.78, 5) is 4.89. The lowest BCUT2D eigenvalue weighted by molar-refractivity contribution is 0.210. The second-order valence-electron chi connectivity index (χ2n) is 4.37. The predicted octanol–water partition coefficient (Wildman–Crippen LogP) is 4.70. The molecule has 0 aliphatic heterocycles. The molecule has 0 aliphatic rings. The maximum absolute atomic E-state index is 5.76. The molecule has 0 aliphatic carbocycles. The van der Waals surface area contributed by atoms with Crippen LogP contribution in [0.25, 0.3) is 0 Å². The fraction of sp³-hybridized carbons (Fsp3) is 0.316. The molecular weight excluding hydrogens is 274 g/mol. The second-order valence-corrected chi connectivity index (χ2v) is 4.37. The van der Waals surface area contributed by atoms with Gasteiger partial charge in [0.25, 0.3) is 0 Å². The molecule has 118 valence electrons. The van der Waals surface area contributed by atoms with E-state index < -0.39 is 0 Å². The van der Waals surface area contributed by atoms with Crippen LogP contribution in [0.3, 0.4) is 0 Å². The average Bonchev–Trinajstić information content (AvgIpc) is 2.61. The van der Waals surface area contributed by atoms with Crippen molar-refractivity contribution < 1.29 is 9.57 Å². The van der Waals surface area contributed by atoms with Gasteiger partial charge in [-0.1, -0.05) is 68.4 Å². The summed E-state index contributed by atoms with van der Waals surface area (Å²) in [6, 6.07) is 18.0. The number of nitrogens with zero attached hydrogens (tertiary/aromatic N) is 1. The van der Waals surface area contributed by atoms with E-state index in [2.05, 4.69) is 24.2 Å². The Labute approximate surface area is 133 Å². The van der Waals surface area contributed by atoms with Crippen LogP contribution in [-0.4, -0.2) is 19.4 Å². The van der Waals surface area contributed by atoms with E-state index >= 15 is 0 Å². The molecule has 2 aromatic carbocycles. The zero-order chi connectivity index (χ0) is 16.2. The normalized spacial score (nSPS) is 10.5. The minimum Gasteiger partial charge on any atom is -0.487 e. The van der Waals surface area contributed by atoms with Crippen LogP contribution in [-0.2, 0) is 11.3 Å². The van der Waals surface area contributed by atoms with E-state index in [0.717, 1.165) is 23.4 Å². The molecule has 0 amide bonds. The third kappa shape index (κ3) is 5.60. The number of benzene rings is 2. The molecule has 0 N–H and O–H groups in total. The maximum atomic E-state index is 5.76. The Hall–Kier alpha value is -2.29. The lowest BCUT2D eigenvalue weighted by Gasteiger charge is -2.09. The molecule has 3 heteroatoms. The summed E-state index contributed by atoms with van der Waals surface area (Å²) in [5.74, 6) is 0.835. The lowest BCUT2D eigenvalue weighted by Crippen LogP contribution is -2.13. The zero-order valence-electron chi connectivity index (χ0n) is 13.9. The molecule has 0 bridgehead atoms. The van der Waals surface area contributed by atoms with E-state index in [9.17, 15) is 0 Å². The number of hydrogen-bond donors (Lipinski definition) is 0. The van der Waals surface area contributed by atoms with Gasteiger partial charge in [0.1, 0.15) is 25.2 Å². The molecule has 3 nitrogen and oxygen atoms in total. The van der Waals surface area contributed by atoms with Gasteiger partial charge in [-0.05, 0) is 24.1 Å². The van der Waals surface area contributed by atoms with Gasteiger partial charge in [-0.25, -0.2) is 0 Å². The van der Waals surface area contributed by atoms with Crippen molar-refractivity contribution in [3.8, 4) is 5.75 Å². The average molecular weight is 299 g/mol. The standard InChI is InChI=1S/C17H19NO2.C2H6/c1-3-14-9-11-16(12-10-14)20-13-17(18-19-2)15-7-5-4-6-8-15;1-2/h4-12H,3,13H2,1-2H3;1-2H3/b18-17+;. The number of oxime groups is 1. The van der Waals surface area contributed by atoms with E-state index in [1.807, 2.05) is 56.3 Å². The smallest absolute Gasteiger partial charge is 0.134 e. The van der Waals surface area contributed by atoms with Crippen molar-refractivity contribution >= 4 is 5.71 Å². The minimum atomic E-state index is 0.378. The highest BCUT2D eigenvalue weighted by Gasteiger charge is 2.05. The monoisotopic (exact) mass is 299 g/mol. The molecule has 0 radical (unpaired) electrons. The molecule has 0 saturated carbocycles. The Morgan fingerprint density at radius 1 is 0.955 bits per heavy atom. The highest BCUT2D eigenvalue weighted by Crippen LogP contribution is 2.13. The first-order valence-electron chi connectivity index (χ1n) is 7.70. The van der Waals surface area contributed by atoms with Crippen LogP contribution >= 0.6 is 0 Å². The van der Waals surface area contributed by atoms with Gasteiger partial charge in [-0.15, -0.1) is 0 Å². The highest BCUT2D eigenvalue weighted by molar-refractivity contribution is 6.01. The van der Waals surface area contributed by atoms with Gasteiger partial charge in [-0.3, -0.25) is 0 Å². The molecule has 0 aromatic heterocycles. The van der Waals surface area contributed by atoms with Gasteiger partial charge >= 0.3 is 0 Å². The Morgan fingerprint density at radius 3 is 2.14 bits per heavy atom. The van der Waals surface area contributed by atoms with E-state index in [-0.39, 0.29) is 0 Å². The predicted molar refractivity (Wildman–Crippen MR) is 92.7 cm³/mol.